The second-order valence-electron chi connectivity index (χ2n) is 38.9. The van der Waals surface area contributed by atoms with E-state index in [2.05, 4.69) is 60.3 Å². The van der Waals surface area contributed by atoms with Gasteiger partial charge in [0.15, 0.2) is 0 Å². The third-order valence-electron chi connectivity index (χ3n) is 27.9. The maximum absolute atomic E-state index is 12.3. The van der Waals surface area contributed by atoms with Crippen LogP contribution in [0.2, 0.25) is 0 Å². The lowest BCUT2D eigenvalue weighted by molar-refractivity contribution is 0.0686. The van der Waals surface area contributed by atoms with Gasteiger partial charge in [-0.2, -0.15) is 0 Å². The number of fused-ring (bicyclic) bond motifs is 12. The van der Waals surface area contributed by atoms with Crippen molar-refractivity contribution in [2.45, 2.75) is 154 Å². The lowest BCUT2D eigenvalue weighted by Crippen LogP contribution is -2.34. The van der Waals surface area contributed by atoms with Crippen LogP contribution in [0.5, 0.6) is 52.3 Å². The normalized spacial score (nSPS) is 16.6. The monoisotopic (exact) mass is 1910 g/mol. The summed E-state index contributed by atoms with van der Waals surface area (Å²) in [4.78, 5) is 75.9. The fourth-order valence-corrected chi connectivity index (χ4v) is 20.9. The summed E-state index contributed by atoms with van der Waals surface area (Å²) in [6.07, 6.45) is 29.5. The molecule has 17 aromatic rings. The fourth-order valence-electron chi connectivity index (χ4n) is 20.9. The molecule has 142 heavy (non-hydrogen) atoms. The van der Waals surface area contributed by atoms with Crippen LogP contribution >= 0.6 is 0 Å². The number of aromatic hydroxyl groups is 4. The van der Waals surface area contributed by atoms with Gasteiger partial charge < -0.3 is 77.5 Å². The molecule has 4 saturated heterocycles. The van der Waals surface area contributed by atoms with Crippen molar-refractivity contribution in [1.82, 2.24) is 39.5 Å². The van der Waals surface area contributed by atoms with Gasteiger partial charge in [-0.05, 0) is 199 Å². The number of hydrogen-bond acceptors (Lipinski definition) is 24. The molecule has 4 aliphatic heterocycles. The van der Waals surface area contributed by atoms with Gasteiger partial charge in [0.25, 0.3) is 0 Å². The molecule has 728 valence electrons. The molecule has 8 aromatic heterocycles. The summed E-state index contributed by atoms with van der Waals surface area (Å²) in [5, 5.41) is 93.8. The number of rotatable bonds is 25. The number of furan rings is 4. The van der Waals surface area contributed by atoms with Crippen LogP contribution in [0, 0.1) is 11.3 Å². The number of carboxylic acids is 4. The largest absolute Gasteiger partial charge is 0.507 e. The van der Waals surface area contributed by atoms with E-state index < -0.39 is 36.0 Å². The number of benzene rings is 9. The molecule has 9 aromatic carbocycles. The van der Waals surface area contributed by atoms with Gasteiger partial charge in [0, 0.05) is 136 Å². The van der Waals surface area contributed by atoms with E-state index >= 15 is 0 Å². The van der Waals surface area contributed by atoms with E-state index in [1.54, 1.807) is 24.8 Å². The van der Waals surface area contributed by atoms with Crippen LogP contribution in [0.15, 0.2) is 243 Å². The van der Waals surface area contributed by atoms with Crippen LogP contribution in [0.4, 0.5) is 0 Å². The molecule has 6 fully saturated rings. The number of phenolic OH excluding ortho intramolecular Hbond substituents is 4. The molecule has 4 unspecified atom stereocenters. The first-order valence-corrected chi connectivity index (χ1v) is 49.1. The number of ether oxygens (including phenoxy) is 4. The minimum absolute atomic E-state index is 0.0279. The summed E-state index contributed by atoms with van der Waals surface area (Å²) in [7, 11) is 0. The minimum atomic E-state index is -1.10. The summed E-state index contributed by atoms with van der Waals surface area (Å²) in [5.74, 6) is -0.736. The Morgan fingerprint density at radius 3 is 0.915 bits per heavy atom. The van der Waals surface area contributed by atoms with E-state index in [1.807, 2.05) is 176 Å². The Hall–Kier alpha value is -15.1. The minimum Gasteiger partial charge on any atom is -0.507 e. The number of aromatic nitrogens is 4. The Morgan fingerprint density at radius 1 is 0.345 bits per heavy atom. The number of pyridine rings is 4. The third kappa shape index (κ3) is 19.5. The molecule has 0 amide bonds. The van der Waals surface area contributed by atoms with Gasteiger partial charge in [-0.1, -0.05) is 162 Å². The van der Waals surface area contributed by atoms with Crippen molar-refractivity contribution >= 4 is 111 Å². The topological polar surface area (TPSA) is 384 Å². The number of para-hydroxylation sites is 1. The van der Waals surface area contributed by atoms with E-state index in [1.165, 1.54) is 37.9 Å². The van der Waals surface area contributed by atoms with Gasteiger partial charge in [-0.15, -0.1) is 0 Å². The van der Waals surface area contributed by atoms with Crippen LogP contribution in [0.1, 0.15) is 234 Å². The zero-order valence-electron chi connectivity index (χ0n) is 79.3. The van der Waals surface area contributed by atoms with Crippen molar-refractivity contribution in [1.29, 1.82) is 0 Å². The quantitative estimate of drug-likeness (QED) is 0.0263. The SMILES string of the molecule is CC(C)(C)COc1cc(C(c2c(O)c3ccccc3c3occ(C(=O)O)c23)N2CCCCC2)ccn1.O=C(O)c1coc2c1c(C(c1ccnc(OC3CC3)c1)N1CCCCC1)c(O)c1ccccc12.O=C(O)c1coc2c1c(C(c1ccnc(OCC3CC3)c1)N1CCCCC1)c(O)c1ccccc12.O=C(O)c1coc2c1c(C(c1ccnc(Oc3ccccc3)c1)N1CCCCC1)c(O)c1ccccc12. The zero-order chi connectivity index (χ0) is 98.0. The summed E-state index contributed by atoms with van der Waals surface area (Å²) < 4.78 is 47.3. The number of aromatic carboxylic acids is 4. The highest BCUT2D eigenvalue weighted by molar-refractivity contribution is 6.19. The van der Waals surface area contributed by atoms with Gasteiger partial charge in [0.2, 0.25) is 23.5 Å². The van der Waals surface area contributed by atoms with Crippen LogP contribution in [0.25, 0.3) is 87.0 Å². The number of piperidine rings is 4. The molecule has 0 bridgehead atoms. The summed E-state index contributed by atoms with van der Waals surface area (Å²) in [6.45, 7) is 14.1. The van der Waals surface area contributed by atoms with Gasteiger partial charge in [-0.25, -0.2) is 39.1 Å². The Bertz CT molecular complexity index is 7560. The van der Waals surface area contributed by atoms with Crippen LogP contribution in [-0.4, -0.2) is 176 Å². The van der Waals surface area contributed by atoms with Crippen molar-refractivity contribution in [3.63, 3.8) is 0 Å². The van der Waals surface area contributed by atoms with Crippen molar-refractivity contribution < 1.29 is 96.6 Å². The van der Waals surface area contributed by atoms with Gasteiger partial charge >= 0.3 is 23.9 Å². The van der Waals surface area contributed by atoms with Gasteiger partial charge in [0.1, 0.15) is 104 Å². The molecule has 0 radical (unpaired) electrons. The van der Waals surface area contributed by atoms with Gasteiger partial charge in [-0.3, -0.25) is 19.6 Å². The lowest BCUT2D eigenvalue weighted by atomic mass is 9.88. The maximum Gasteiger partial charge on any atom is 0.339 e. The van der Waals surface area contributed by atoms with E-state index in [0.717, 1.165) is 165 Å². The fraction of sp³-hybridized carbons (Fsp3) is 0.316. The highest BCUT2D eigenvalue weighted by Gasteiger charge is 2.41. The third-order valence-corrected chi connectivity index (χ3v) is 27.9. The number of hydrogen-bond donors (Lipinski definition) is 8. The summed E-state index contributed by atoms with van der Waals surface area (Å²) in [5.41, 5.74) is 7.80. The molecule has 0 spiro atoms. The molecular weight excluding hydrogens is 1800 g/mol. The Kier molecular flexibility index (Phi) is 27.3. The predicted molar refractivity (Wildman–Crippen MR) is 539 cm³/mol. The van der Waals surface area contributed by atoms with Crippen LogP contribution < -0.4 is 18.9 Å². The van der Waals surface area contributed by atoms with Crippen molar-refractivity contribution in [3.05, 3.63) is 293 Å². The Morgan fingerprint density at radius 2 is 0.620 bits per heavy atom. The number of likely N-dealkylation sites (tertiary alicyclic amines) is 4. The average molecular weight is 1910 g/mol. The molecule has 23 rings (SSSR count). The summed E-state index contributed by atoms with van der Waals surface area (Å²) in [6, 6.07) is 52.8. The average Bonchev–Trinajstić information content (AvgIpc) is 1.73. The van der Waals surface area contributed by atoms with E-state index in [9.17, 15) is 60.0 Å². The Labute approximate surface area is 817 Å². The van der Waals surface area contributed by atoms with Crippen LogP contribution in [0.3, 0.4) is 0 Å². The molecule has 8 N–H and O–H groups in total. The van der Waals surface area contributed by atoms with E-state index in [-0.39, 0.29) is 68.9 Å². The van der Waals surface area contributed by atoms with Crippen molar-refractivity contribution in [2.75, 3.05) is 65.6 Å². The highest BCUT2D eigenvalue weighted by Crippen LogP contribution is 2.54. The molecule has 28 nitrogen and oxygen atoms in total. The molecule has 28 heteroatoms. The number of carbonyl (C=O) groups is 4. The first kappa shape index (κ1) is 94.5. The smallest absolute Gasteiger partial charge is 0.339 e. The molecular formula is C114H112N8O20. The van der Waals surface area contributed by atoms with Gasteiger partial charge in [0.05, 0.1) is 37.4 Å². The second kappa shape index (κ2) is 41.0. The molecule has 2 aliphatic carbocycles. The first-order chi connectivity index (χ1) is 69.1. The van der Waals surface area contributed by atoms with E-state index in [0.29, 0.717) is 158 Å². The zero-order valence-corrected chi connectivity index (χ0v) is 79.3. The molecule has 6 aliphatic rings. The summed E-state index contributed by atoms with van der Waals surface area (Å²) >= 11 is 0. The number of carboxylic acid groups (broad SMARTS) is 4. The van der Waals surface area contributed by atoms with Crippen molar-refractivity contribution in [3.8, 4) is 52.3 Å². The standard InChI is InChI=1S/C30H26N2O5.C29H32N2O5.C28H28N2O5.C27H26N2O5/c33-28-21-11-5-6-12-22(21)29-25(23(18-36-29)30(34)35)26(28)27(32-15-7-2-8-16-32)19-13-14-31-24(17-19)37-20-9-3-1-4-10-20;1-29(2,3)17-36-22-15-18(11-12-30-22)25(31-13-7-4-8-14-31)24-23-21(28(33)34)16-35-27(23)20-10-6-5-9-19(20)26(24)32;31-26-19-6-2-3-7-20(19)27-23(21(16-35-27)28(32)33)24(26)25(30-12-4-1-5-13-30)18-10-11-29-22(14-18)34-15-17-8-9-17;30-25-18-6-2-3-7-19(18)26-22(20(15-33-26)27(31)32)23(25)24(29-12-4-1-5-13-29)16-10-11-28-21(14-16)34-17-8-9-17/h1,3-6,9-14,17-18,27,33H,2,7-8,15-16H2,(H,34,35);5-6,9-12,15-16,25,32H,4,7-8,13-14,17H2,1-3H3,(H,33,34);2-3,6-7,10-11,14,16-17,25,31H,1,4-5,8-9,12-13,15H2,(H,32,33);2-3,6-7,10-11,14-15,17,24,30H,1,4-5,8-9,12-13H2,(H,31,32). The first-order valence-electron chi connectivity index (χ1n) is 49.1. The Balaban J connectivity index is 0.000000116. The van der Waals surface area contributed by atoms with E-state index in [4.69, 9.17) is 36.6 Å². The molecule has 12 heterocycles. The van der Waals surface area contributed by atoms with Crippen LogP contribution in [-0.2, 0) is 0 Å². The predicted octanol–water partition coefficient (Wildman–Crippen LogP) is 24.4. The number of phenols is 4. The van der Waals surface area contributed by atoms with Crippen molar-refractivity contribution in [2.24, 2.45) is 11.3 Å². The number of nitrogens with zero attached hydrogens (tertiary/aromatic N) is 8. The lowest BCUT2D eigenvalue weighted by Gasteiger charge is -2.36. The maximum atomic E-state index is 12.3. The highest BCUT2D eigenvalue weighted by atomic mass is 16.5. The molecule has 4 atom stereocenters. The molecule has 2 saturated carbocycles. The second-order valence-corrected chi connectivity index (χ2v) is 38.9.